The molecule has 2 fully saturated rings. The molecule has 0 bridgehead atoms. The largest absolute Gasteiger partial charge is 0.507 e. The fourth-order valence-electron chi connectivity index (χ4n) is 7.88. The van der Waals surface area contributed by atoms with Gasteiger partial charge in [0.2, 0.25) is 17.7 Å². The molecule has 1 aliphatic heterocycles. The lowest BCUT2D eigenvalue weighted by Crippen LogP contribution is -2.59. The molecule has 5 atom stereocenters. The van der Waals surface area contributed by atoms with E-state index in [0.29, 0.717) is 28.9 Å². The van der Waals surface area contributed by atoms with E-state index >= 15 is 0 Å². The molecule has 60 heavy (non-hydrogen) atoms. The molecule has 2 unspecified atom stereocenters. The lowest BCUT2D eigenvalue weighted by atomic mass is 9.79. The van der Waals surface area contributed by atoms with Gasteiger partial charge in [0.25, 0.3) is 21.7 Å². The minimum Gasteiger partial charge on any atom is -0.507 e. The molecule has 0 radical (unpaired) electrons. The summed E-state index contributed by atoms with van der Waals surface area (Å²) in [6.07, 6.45) is -2.09. The summed E-state index contributed by atoms with van der Waals surface area (Å²) in [5, 5.41) is 16.0. The number of nitrogens with one attached hydrogen (secondary N) is 3. The molecule has 4 amide bonds. The Balaban J connectivity index is 1.47. The summed E-state index contributed by atoms with van der Waals surface area (Å²) in [4.78, 5) is 68.5. The number of benzene rings is 2. The van der Waals surface area contributed by atoms with E-state index in [1.54, 1.807) is 26.0 Å². The number of fused-ring (bicyclic) bond motifs is 1. The number of Topliss-reactive ketones (excluding diaryl/α,β-unsaturated/α-hetero) is 1. The maximum absolute atomic E-state index is 14.4. The number of hydrogen-bond acceptors (Lipinski definition) is 9. The number of alkyl halides is 3. The number of carbonyl (C=O) groups excluding carboxylic acids is 5. The number of nitrogens with zero attached hydrogens (tertiary/aromatic N) is 1. The van der Waals surface area contributed by atoms with Crippen LogP contribution >= 0.6 is 11.8 Å². The Morgan fingerprint density at radius 3 is 1.87 bits per heavy atom. The van der Waals surface area contributed by atoms with Gasteiger partial charge in [0.05, 0.1) is 16.7 Å². The number of aromatic hydroxyl groups is 1. The van der Waals surface area contributed by atoms with Gasteiger partial charge in [-0.15, -0.1) is 11.8 Å². The minimum atomic E-state index is -5.17. The van der Waals surface area contributed by atoms with Crippen molar-refractivity contribution in [3.8, 4) is 5.75 Å². The van der Waals surface area contributed by atoms with Crippen molar-refractivity contribution in [3.63, 3.8) is 0 Å². The predicted octanol–water partition coefficient (Wildman–Crippen LogP) is 6.77. The summed E-state index contributed by atoms with van der Waals surface area (Å²) in [6.45, 7) is 17.9. The third-order valence-corrected chi connectivity index (χ3v) is 13.5. The van der Waals surface area contributed by atoms with Crippen LogP contribution in [0.1, 0.15) is 123 Å². The van der Waals surface area contributed by atoms with Gasteiger partial charge in [-0.05, 0) is 84.2 Å². The van der Waals surface area contributed by atoms with E-state index in [1.807, 2.05) is 41.5 Å². The van der Waals surface area contributed by atoms with Crippen molar-refractivity contribution in [2.75, 3.05) is 5.75 Å². The van der Waals surface area contributed by atoms with Crippen molar-refractivity contribution < 1.29 is 50.7 Å². The van der Waals surface area contributed by atoms with Crippen molar-refractivity contribution in [1.82, 2.24) is 20.3 Å². The average molecular weight is 881 g/mol. The SMILES string of the molecule is CC(C)C(NC(=O)c1ccc(S(=O)(=O)NC(=O)CSc2cc(C(C)(C)C)c(O)c(C(C)(C)C)c2)cc1)C(=O)N1[C@@H](C(=O)NC(C(=O)C(F)(F)F)C(C)C)C[C@H]2CCCC[C@H]21. The average Bonchev–Trinajstić information content (AvgIpc) is 3.53. The van der Waals surface area contributed by atoms with Crippen molar-refractivity contribution in [2.24, 2.45) is 17.8 Å². The summed E-state index contributed by atoms with van der Waals surface area (Å²) >= 11 is 1.12. The van der Waals surface area contributed by atoms with Crippen LogP contribution in [0.4, 0.5) is 13.2 Å². The van der Waals surface area contributed by atoms with E-state index < -0.39 is 92.4 Å². The first-order valence-electron chi connectivity index (χ1n) is 20.3. The molecule has 12 nitrogen and oxygen atoms in total. The van der Waals surface area contributed by atoms with Gasteiger partial charge in [0.1, 0.15) is 17.8 Å². The zero-order valence-corrected chi connectivity index (χ0v) is 37.6. The fourth-order valence-corrected chi connectivity index (χ4v) is 9.73. The fraction of sp³-hybridized carbons (Fsp3) is 0.605. The number of carbonyl (C=O) groups is 5. The maximum atomic E-state index is 14.4. The molecule has 4 rings (SSSR count). The third kappa shape index (κ3) is 11.4. The van der Waals surface area contributed by atoms with Crippen molar-refractivity contribution in [3.05, 3.63) is 53.1 Å². The van der Waals surface area contributed by atoms with E-state index in [9.17, 15) is 50.7 Å². The Hall–Kier alpha value is -4.12. The molecule has 2 aromatic rings. The summed E-state index contributed by atoms with van der Waals surface area (Å²) in [5.41, 5.74) is 0.588. The van der Waals surface area contributed by atoms with Crippen LogP contribution in [-0.2, 0) is 40.0 Å². The van der Waals surface area contributed by atoms with Gasteiger partial charge in [0, 0.05) is 27.6 Å². The molecule has 0 spiro atoms. The maximum Gasteiger partial charge on any atom is 0.452 e. The van der Waals surface area contributed by atoms with Crippen LogP contribution in [0.15, 0.2) is 46.2 Å². The second kappa shape index (κ2) is 18.5. The number of sulfonamides is 1. The summed E-state index contributed by atoms with van der Waals surface area (Å²) in [6, 6.07) is 3.78. The number of amides is 4. The van der Waals surface area contributed by atoms with Gasteiger partial charge in [-0.1, -0.05) is 82.1 Å². The Kier molecular flexibility index (Phi) is 14.9. The van der Waals surface area contributed by atoms with Crippen LogP contribution in [0, 0.1) is 17.8 Å². The van der Waals surface area contributed by atoms with E-state index in [0.717, 1.165) is 36.7 Å². The molecular weight excluding hydrogens is 822 g/mol. The highest BCUT2D eigenvalue weighted by atomic mass is 32.2. The van der Waals surface area contributed by atoms with E-state index in [2.05, 4.69) is 15.4 Å². The van der Waals surface area contributed by atoms with Crippen molar-refractivity contribution in [1.29, 1.82) is 0 Å². The summed E-state index contributed by atoms with van der Waals surface area (Å²) < 4.78 is 68.8. The number of hydrogen-bond donors (Lipinski definition) is 4. The lowest BCUT2D eigenvalue weighted by molar-refractivity contribution is -0.175. The van der Waals surface area contributed by atoms with Crippen LogP contribution in [0.2, 0.25) is 0 Å². The van der Waals surface area contributed by atoms with Gasteiger partial charge in [0.15, 0.2) is 0 Å². The number of likely N-dealkylation sites (tertiary alicyclic amines) is 1. The van der Waals surface area contributed by atoms with E-state index in [4.69, 9.17) is 0 Å². The zero-order chi connectivity index (χ0) is 45.3. The Labute approximate surface area is 355 Å². The molecule has 4 N–H and O–H groups in total. The first kappa shape index (κ1) is 48.5. The monoisotopic (exact) mass is 880 g/mol. The second-order valence-corrected chi connectivity index (χ2v) is 21.3. The standard InChI is InChI=1S/C43H59F3N4O8S2/c1-23(2)34(37(53)43(44,45)46)47-39(55)32-19-26-13-11-12-14-31(26)50(32)40(56)35(24(3)4)48-38(54)25-15-17-28(18-16-25)60(57,58)49-33(51)22-59-27-20-29(41(5,6)7)36(52)30(21-27)42(8,9)10/h15-18,20-21,23-24,26,31-32,34-35,52H,11-14,19,22H2,1-10H3,(H,47,55)(H,48,54)(H,49,51)/t26-,31-,32-,34?,35?/m1/s1. The quantitative estimate of drug-likeness (QED) is 0.158. The Bertz CT molecular complexity index is 2020. The smallest absolute Gasteiger partial charge is 0.452 e. The third-order valence-electron chi connectivity index (χ3n) is 11.1. The van der Waals surface area contributed by atoms with Crippen LogP contribution < -0.4 is 15.4 Å². The number of ketones is 1. The molecular formula is C43H59F3N4O8S2. The predicted molar refractivity (Wildman–Crippen MR) is 223 cm³/mol. The minimum absolute atomic E-state index is 0.00242. The van der Waals surface area contributed by atoms with Gasteiger partial charge in [-0.2, -0.15) is 13.2 Å². The number of thioether (sulfide) groups is 1. The van der Waals surface area contributed by atoms with Crippen LogP contribution in [-0.4, -0.2) is 83.9 Å². The summed E-state index contributed by atoms with van der Waals surface area (Å²) in [5.74, 6) is -6.59. The molecule has 332 valence electrons. The number of phenols is 1. The molecule has 17 heteroatoms. The molecule has 0 aromatic heterocycles. The Morgan fingerprint density at radius 2 is 1.37 bits per heavy atom. The lowest BCUT2D eigenvalue weighted by Gasteiger charge is -2.37. The van der Waals surface area contributed by atoms with Gasteiger partial charge >= 0.3 is 6.18 Å². The van der Waals surface area contributed by atoms with Crippen LogP contribution in [0.3, 0.4) is 0 Å². The number of phenolic OH excluding ortho intramolecular Hbond substituents is 1. The van der Waals surface area contributed by atoms with Gasteiger partial charge < -0.3 is 20.6 Å². The zero-order valence-electron chi connectivity index (χ0n) is 36.0. The van der Waals surface area contributed by atoms with Gasteiger partial charge in [-0.3, -0.25) is 24.0 Å². The van der Waals surface area contributed by atoms with E-state index in [-0.39, 0.29) is 34.3 Å². The number of halogens is 3. The van der Waals surface area contributed by atoms with Crippen LogP contribution in [0.25, 0.3) is 0 Å². The first-order valence-corrected chi connectivity index (χ1v) is 22.7. The molecule has 1 saturated carbocycles. The second-order valence-electron chi connectivity index (χ2n) is 18.6. The summed E-state index contributed by atoms with van der Waals surface area (Å²) in [7, 11) is -4.36. The molecule has 2 aromatic carbocycles. The van der Waals surface area contributed by atoms with Crippen molar-refractivity contribution >= 4 is 51.2 Å². The molecule has 1 saturated heterocycles. The Morgan fingerprint density at radius 1 is 0.833 bits per heavy atom. The highest BCUT2D eigenvalue weighted by Crippen LogP contribution is 2.43. The molecule has 1 heterocycles. The van der Waals surface area contributed by atoms with Crippen molar-refractivity contribution in [2.45, 2.75) is 152 Å². The highest BCUT2D eigenvalue weighted by molar-refractivity contribution is 8.00. The van der Waals surface area contributed by atoms with E-state index in [1.165, 1.54) is 30.9 Å². The van der Waals surface area contributed by atoms with Gasteiger partial charge in [-0.25, -0.2) is 13.1 Å². The normalized spacial score (nSPS) is 19.7. The molecule has 2 aliphatic rings. The highest BCUT2D eigenvalue weighted by Gasteiger charge is 2.51. The molecule has 1 aliphatic carbocycles. The topological polar surface area (TPSA) is 179 Å². The van der Waals surface area contributed by atoms with Crippen LogP contribution in [0.5, 0.6) is 5.75 Å². The first-order chi connectivity index (χ1) is 27.5. The number of rotatable bonds is 13.